The number of benzene rings is 2. The van der Waals surface area contributed by atoms with Crippen molar-refractivity contribution >= 4 is 0 Å². The van der Waals surface area contributed by atoms with Crippen molar-refractivity contribution in [3.05, 3.63) is 65.2 Å². The van der Waals surface area contributed by atoms with Crippen LogP contribution in [0.2, 0.25) is 0 Å². The van der Waals surface area contributed by atoms with Crippen LogP contribution in [0.3, 0.4) is 0 Å². The van der Waals surface area contributed by atoms with Gasteiger partial charge in [0.25, 0.3) is 0 Å². The van der Waals surface area contributed by atoms with Crippen LogP contribution in [0.15, 0.2) is 48.5 Å². The molecular weight excluding hydrogens is 338 g/mol. The fourth-order valence-electron chi connectivity index (χ4n) is 4.63. The summed E-state index contributed by atoms with van der Waals surface area (Å²) in [5.74, 6) is 1.06. The van der Waals surface area contributed by atoms with Gasteiger partial charge in [-0.15, -0.1) is 0 Å². The van der Waals surface area contributed by atoms with Crippen LogP contribution >= 0.6 is 0 Å². The molecule has 1 aliphatic heterocycles. The molecule has 1 heterocycles. The van der Waals surface area contributed by atoms with E-state index in [2.05, 4.69) is 36.4 Å². The molecule has 0 radical (unpaired) electrons. The lowest BCUT2D eigenvalue weighted by molar-refractivity contribution is -0.102. The Kier molecular flexibility index (Phi) is 5.42. The van der Waals surface area contributed by atoms with Gasteiger partial charge >= 0.3 is 0 Å². The van der Waals surface area contributed by atoms with Crippen LogP contribution in [0.1, 0.15) is 29.0 Å². The minimum Gasteiger partial charge on any atom is -0.496 e. The van der Waals surface area contributed by atoms with Crippen molar-refractivity contribution in [1.82, 2.24) is 0 Å². The normalized spacial score (nSPS) is 23.4. The molecule has 3 unspecified atom stereocenters. The van der Waals surface area contributed by atoms with Crippen molar-refractivity contribution in [3.8, 4) is 11.8 Å². The Morgan fingerprint density at radius 2 is 1.89 bits per heavy atom. The summed E-state index contributed by atoms with van der Waals surface area (Å²) in [4.78, 5) is 0. The number of hydrogen-bond donors (Lipinski definition) is 0. The summed E-state index contributed by atoms with van der Waals surface area (Å²) < 4.78 is 17.4. The fraction of sp³-hybridized carbons (Fsp3) is 0.435. The molecule has 27 heavy (non-hydrogen) atoms. The predicted molar refractivity (Wildman–Crippen MR) is 102 cm³/mol. The number of nitriles is 1. The van der Waals surface area contributed by atoms with E-state index in [4.69, 9.17) is 14.2 Å². The van der Waals surface area contributed by atoms with E-state index < -0.39 is 0 Å². The molecule has 1 fully saturated rings. The summed E-state index contributed by atoms with van der Waals surface area (Å²) in [5, 5.41) is 10.1. The third-order valence-corrected chi connectivity index (χ3v) is 5.88. The molecule has 4 nitrogen and oxygen atoms in total. The molecule has 0 N–H and O–H groups in total. The van der Waals surface area contributed by atoms with E-state index in [1.807, 2.05) is 18.2 Å². The largest absolute Gasteiger partial charge is 0.496 e. The molecule has 2 aliphatic rings. The zero-order chi connectivity index (χ0) is 18.6. The predicted octanol–water partition coefficient (Wildman–Crippen LogP) is 4.10. The molecule has 2 aromatic carbocycles. The number of fused-ring (bicyclic) bond motifs is 1. The standard InChI is InChI=1S/C23H25NO3/c1-25-22-9-5-8-17-19(22)11-10-18(21(17)15-24)20(23-26-12-13-27-23)14-16-6-3-2-4-7-16/h2-9,18,20-21,23H,10-14H2,1H3. The van der Waals surface area contributed by atoms with Gasteiger partial charge in [0.2, 0.25) is 0 Å². The van der Waals surface area contributed by atoms with E-state index in [1.165, 1.54) is 11.1 Å². The van der Waals surface area contributed by atoms with Crippen LogP contribution in [-0.4, -0.2) is 26.6 Å². The Labute approximate surface area is 160 Å². The number of ether oxygens (including phenoxy) is 3. The second-order valence-corrected chi connectivity index (χ2v) is 7.30. The van der Waals surface area contributed by atoms with Crippen molar-refractivity contribution in [2.45, 2.75) is 31.5 Å². The van der Waals surface area contributed by atoms with Crippen molar-refractivity contribution in [3.63, 3.8) is 0 Å². The Morgan fingerprint density at radius 3 is 2.59 bits per heavy atom. The molecule has 0 saturated carbocycles. The second kappa shape index (κ2) is 8.12. The summed E-state index contributed by atoms with van der Waals surface area (Å²) >= 11 is 0. The lowest BCUT2D eigenvalue weighted by atomic mass is 9.68. The molecule has 4 rings (SSSR count). The number of nitrogens with zero attached hydrogens (tertiary/aromatic N) is 1. The molecule has 0 bridgehead atoms. The lowest BCUT2D eigenvalue weighted by Crippen LogP contribution is -2.36. The topological polar surface area (TPSA) is 51.5 Å². The van der Waals surface area contributed by atoms with Gasteiger partial charge in [-0.25, -0.2) is 0 Å². The quantitative estimate of drug-likeness (QED) is 0.803. The summed E-state index contributed by atoms with van der Waals surface area (Å²) in [6, 6.07) is 19.1. The maximum atomic E-state index is 10.1. The van der Waals surface area contributed by atoms with Gasteiger partial charge < -0.3 is 14.2 Å². The van der Waals surface area contributed by atoms with Gasteiger partial charge in [-0.1, -0.05) is 42.5 Å². The highest BCUT2D eigenvalue weighted by Crippen LogP contribution is 2.45. The molecule has 1 saturated heterocycles. The van der Waals surface area contributed by atoms with Gasteiger partial charge in [-0.2, -0.15) is 5.26 Å². The van der Waals surface area contributed by atoms with Gasteiger partial charge in [0.15, 0.2) is 6.29 Å². The number of rotatable bonds is 5. The summed E-state index contributed by atoms with van der Waals surface area (Å²) in [6.45, 7) is 1.26. The maximum Gasteiger partial charge on any atom is 0.161 e. The molecule has 2 aromatic rings. The van der Waals surface area contributed by atoms with Crippen LogP contribution in [0.5, 0.6) is 5.75 Å². The summed E-state index contributed by atoms with van der Waals surface area (Å²) in [5.41, 5.74) is 3.54. The van der Waals surface area contributed by atoms with E-state index in [0.717, 1.165) is 30.6 Å². The molecule has 0 aromatic heterocycles. The second-order valence-electron chi connectivity index (χ2n) is 7.30. The highest BCUT2D eigenvalue weighted by molar-refractivity contribution is 5.46. The van der Waals surface area contributed by atoms with Crippen molar-refractivity contribution in [1.29, 1.82) is 5.26 Å². The molecule has 4 heteroatoms. The average Bonchev–Trinajstić information content (AvgIpc) is 3.26. The molecule has 0 spiro atoms. The van der Waals surface area contributed by atoms with Crippen LogP contribution in [0.4, 0.5) is 0 Å². The van der Waals surface area contributed by atoms with E-state index in [0.29, 0.717) is 13.2 Å². The first-order valence-electron chi connectivity index (χ1n) is 9.64. The number of hydrogen-bond acceptors (Lipinski definition) is 4. The Bertz CT molecular complexity index is 808. The molecule has 1 aliphatic carbocycles. The zero-order valence-electron chi connectivity index (χ0n) is 15.6. The maximum absolute atomic E-state index is 10.1. The van der Waals surface area contributed by atoms with Gasteiger partial charge in [0, 0.05) is 5.92 Å². The first-order chi connectivity index (χ1) is 13.3. The third-order valence-electron chi connectivity index (χ3n) is 5.88. The molecular formula is C23H25NO3. The van der Waals surface area contributed by atoms with E-state index in [1.54, 1.807) is 7.11 Å². The number of methoxy groups -OCH3 is 1. The Morgan fingerprint density at radius 1 is 1.11 bits per heavy atom. The van der Waals surface area contributed by atoms with E-state index in [-0.39, 0.29) is 24.0 Å². The molecule has 0 amide bonds. The van der Waals surface area contributed by atoms with E-state index in [9.17, 15) is 5.26 Å². The van der Waals surface area contributed by atoms with Gasteiger partial charge in [0.05, 0.1) is 32.3 Å². The van der Waals surface area contributed by atoms with E-state index >= 15 is 0 Å². The van der Waals surface area contributed by atoms with Crippen molar-refractivity contribution < 1.29 is 14.2 Å². The highest BCUT2D eigenvalue weighted by Gasteiger charge is 2.41. The van der Waals surface area contributed by atoms with Gasteiger partial charge in [-0.3, -0.25) is 0 Å². The lowest BCUT2D eigenvalue weighted by Gasteiger charge is -2.37. The first-order valence-corrected chi connectivity index (χ1v) is 9.64. The highest BCUT2D eigenvalue weighted by atomic mass is 16.7. The summed E-state index contributed by atoms with van der Waals surface area (Å²) in [6.07, 6.45) is 2.47. The first kappa shape index (κ1) is 18.0. The monoisotopic (exact) mass is 363 g/mol. The van der Waals surface area contributed by atoms with Crippen molar-refractivity contribution in [2.75, 3.05) is 20.3 Å². The van der Waals surface area contributed by atoms with Crippen LogP contribution < -0.4 is 4.74 Å². The van der Waals surface area contributed by atoms with Gasteiger partial charge in [0.1, 0.15) is 5.75 Å². The van der Waals surface area contributed by atoms with Gasteiger partial charge in [-0.05, 0) is 47.9 Å². The average molecular weight is 363 g/mol. The smallest absolute Gasteiger partial charge is 0.161 e. The van der Waals surface area contributed by atoms with Crippen LogP contribution in [-0.2, 0) is 22.3 Å². The fourth-order valence-corrected chi connectivity index (χ4v) is 4.63. The third kappa shape index (κ3) is 3.58. The SMILES string of the molecule is COc1cccc2c1CCC(C(Cc1ccccc1)C1OCCO1)C2C#N. The van der Waals surface area contributed by atoms with Crippen LogP contribution in [0, 0.1) is 23.2 Å². The molecule has 3 atom stereocenters. The van der Waals surface area contributed by atoms with Crippen molar-refractivity contribution in [2.24, 2.45) is 11.8 Å². The minimum absolute atomic E-state index is 0.152. The molecule has 140 valence electrons. The Hall–Kier alpha value is -2.35. The minimum atomic E-state index is -0.238. The summed E-state index contributed by atoms with van der Waals surface area (Å²) in [7, 11) is 1.70. The Balaban J connectivity index is 1.67. The van der Waals surface area contributed by atoms with Crippen LogP contribution in [0.25, 0.3) is 0 Å². The zero-order valence-corrected chi connectivity index (χ0v) is 15.6.